The lowest BCUT2D eigenvalue weighted by molar-refractivity contribution is -0.142. The topological polar surface area (TPSA) is 58.6 Å². The highest BCUT2D eigenvalue weighted by molar-refractivity contribution is 9.10. The van der Waals surface area contributed by atoms with Crippen molar-refractivity contribution in [3.63, 3.8) is 0 Å². The number of benzene rings is 1. The van der Waals surface area contributed by atoms with Gasteiger partial charge in [-0.2, -0.15) is 0 Å². The molecule has 94 valence electrons. The van der Waals surface area contributed by atoms with E-state index in [4.69, 9.17) is 9.84 Å². The van der Waals surface area contributed by atoms with E-state index >= 15 is 0 Å². The van der Waals surface area contributed by atoms with Crippen molar-refractivity contribution >= 4 is 21.9 Å². The van der Waals surface area contributed by atoms with E-state index in [9.17, 15) is 4.79 Å². The first-order valence-electron chi connectivity index (χ1n) is 5.24. The Bertz CT molecular complexity index is 409. The van der Waals surface area contributed by atoms with Crippen molar-refractivity contribution in [1.29, 1.82) is 0 Å². The maximum Gasteiger partial charge on any atom is 0.308 e. The minimum absolute atomic E-state index is 0.227. The van der Waals surface area contributed by atoms with E-state index in [-0.39, 0.29) is 6.04 Å². The summed E-state index contributed by atoms with van der Waals surface area (Å²) in [6.45, 7) is 1.68. The number of aliphatic carboxylic acids is 1. The fourth-order valence-electron chi connectivity index (χ4n) is 1.72. The molecule has 2 N–H and O–H groups in total. The zero-order valence-corrected chi connectivity index (χ0v) is 11.6. The van der Waals surface area contributed by atoms with Crippen molar-refractivity contribution in [3.8, 4) is 5.75 Å². The number of carboxylic acids is 1. The minimum atomic E-state index is -0.823. The molecule has 4 nitrogen and oxygen atoms in total. The summed E-state index contributed by atoms with van der Waals surface area (Å²) in [5.41, 5.74) is 0.912. The molecule has 0 heterocycles. The van der Waals surface area contributed by atoms with E-state index in [0.29, 0.717) is 0 Å². The van der Waals surface area contributed by atoms with E-state index in [2.05, 4.69) is 21.2 Å². The molecule has 0 spiro atoms. The Kier molecular flexibility index (Phi) is 4.96. The maximum absolute atomic E-state index is 11.0. The number of methoxy groups -OCH3 is 1. The van der Waals surface area contributed by atoms with E-state index in [1.807, 2.05) is 18.2 Å². The Morgan fingerprint density at radius 2 is 2.18 bits per heavy atom. The fourth-order valence-corrected chi connectivity index (χ4v) is 2.28. The summed E-state index contributed by atoms with van der Waals surface area (Å²) in [7, 11) is 3.34. The van der Waals surface area contributed by atoms with Gasteiger partial charge >= 0.3 is 5.97 Å². The third-order valence-corrected chi connectivity index (χ3v) is 3.36. The van der Waals surface area contributed by atoms with Gasteiger partial charge in [-0.15, -0.1) is 0 Å². The molecule has 2 unspecified atom stereocenters. The molecule has 0 aliphatic rings. The SMILES string of the molecule is CNC(c1ccc(OC)c(Br)c1)C(C)C(=O)O. The van der Waals surface area contributed by atoms with Gasteiger partial charge in [0.05, 0.1) is 17.5 Å². The average Bonchev–Trinajstić information content (AvgIpc) is 2.30. The Hall–Kier alpha value is -1.07. The molecular weight excluding hydrogens is 286 g/mol. The Labute approximate surface area is 109 Å². The summed E-state index contributed by atoms with van der Waals surface area (Å²) >= 11 is 3.39. The molecule has 0 fully saturated rings. The van der Waals surface area contributed by atoms with Crippen LogP contribution < -0.4 is 10.1 Å². The number of hydrogen-bond acceptors (Lipinski definition) is 3. The lowest BCUT2D eigenvalue weighted by Gasteiger charge is -2.21. The van der Waals surface area contributed by atoms with Gasteiger partial charge in [-0.05, 0) is 40.7 Å². The quantitative estimate of drug-likeness (QED) is 0.877. The molecule has 0 aliphatic heterocycles. The van der Waals surface area contributed by atoms with E-state index in [1.165, 1.54) is 0 Å². The molecule has 0 bridgehead atoms. The monoisotopic (exact) mass is 301 g/mol. The normalized spacial score (nSPS) is 14.1. The summed E-state index contributed by atoms with van der Waals surface area (Å²) < 4.78 is 5.95. The van der Waals surface area contributed by atoms with E-state index < -0.39 is 11.9 Å². The van der Waals surface area contributed by atoms with Crippen molar-refractivity contribution in [3.05, 3.63) is 28.2 Å². The van der Waals surface area contributed by atoms with Gasteiger partial charge in [-0.25, -0.2) is 0 Å². The molecule has 5 heteroatoms. The van der Waals surface area contributed by atoms with Crippen LogP contribution in [0.5, 0.6) is 5.75 Å². The van der Waals surface area contributed by atoms with Crippen LogP contribution in [0.4, 0.5) is 0 Å². The number of carboxylic acid groups (broad SMARTS) is 1. The minimum Gasteiger partial charge on any atom is -0.496 e. The third-order valence-electron chi connectivity index (χ3n) is 2.74. The van der Waals surface area contributed by atoms with Crippen molar-refractivity contribution in [2.24, 2.45) is 5.92 Å². The van der Waals surface area contributed by atoms with Crippen LogP contribution in [-0.4, -0.2) is 25.2 Å². The van der Waals surface area contributed by atoms with Gasteiger partial charge in [0.2, 0.25) is 0 Å². The first kappa shape index (κ1) is 14.0. The molecule has 1 aromatic rings. The number of carbonyl (C=O) groups is 1. The lowest BCUT2D eigenvalue weighted by Crippen LogP contribution is -2.28. The van der Waals surface area contributed by atoms with Crippen LogP contribution >= 0.6 is 15.9 Å². The molecule has 1 aromatic carbocycles. The molecule has 0 saturated heterocycles. The summed E-state index contributed by atoms with van der Waals surface area (Å²) in [6, 6.07) is 5.33. The predicted molar refractivity (Wildman–Crippen MR) is 69.3 cm³/mol. The summed E-state index contributed by atoms with van der Waals surface area (Å²) in [4.78, 5) is 11.0. The van der Waals surface area contributed by atoms with Crippen molar-refractivity contribution in [1.82, 2.24) is 5.32 Å². The van der Waals surface area contributed by atoms with Crippen molar-refractivity contribution in [2.45, 2.75) is 13.0 Å². The van der Waals surface area contributed by atoms with Gasteiger partial charge in [-0.3, -0.25) is 4.79 Å². The Morgan fingerprint density at radius 3 is 2.59 bits per heavy atom. The molecule has 0 saturated carbocycles. The highest BCUT2D eigenvalue weighted by atomic mass is 79.9. The highest BCUT2D eigenvalue weighted by Gasteiger charge is 2.24. The van der Waals surface area contributed by atoms with Crippen LogP contribution in [0.15, 0.2) is 22.7 Å². The summed E-state index contributed by atoms with van der Waals surface area (Å²) in [5.74, 6) is -0.594. The lowest BCUT2D eigenvalue weighted by atomic mass is 9.95. The van der Waals surface area contributed by atoms with Crippen molar-refractivity contribution < 1.29 is 14.6 Å². The van der Waals surface area contributed by atoms with Gasteiger partial charge < -0.3 is 15.2 Å². The average molecular weight is 302 g/mol. The number of ether oxygens (including phenoxy) is 1. The Balaban J connectivity index is 3.04. The standard InChI is InChI=1S/C12H16BrNO3/c1-7(12(15)16)11(14-2)8-4-5-10(17-3)9(13)6-8/h4-7,11,14H,1-3H3,(H,15,16). The van der Waals surface area contributed by atoms with Crippen LogP contribution in [0.3, 0.4) is 0 Å². The molecule has 0 aromatic heterocycles. The smallest absolute Gasteiger partial charge is 0.308 e. The second kappa shape index (κ2) is 6.02. The maximum atomic E-state index is 11.0. The number of hydrogen-bond donors (Lipinski definition) is 2. The van der Waals surface area contributed by atoms with Crippen LogP contribution in [0.2, 0.25) is 0 Å². The molecular formula is C12H16BrNO3. The van der Waals surface area contributed by atoms with Gasteiger partial charge in [0, 0.05) is 6.04 Å². The molecule has 2 atom stereocenters. The zero-order chi connectivity index (χ0) is 13.0. The van der Waals surface area contributed by atoms with Gasteiger partial charge in [0.15, 0.2) is 0 Å². The van der Waals surface area contributed by atoms with Gasteiger partial charge in [0.25, 0.3) is 0 Å². The molecule has 1 rings (SSSR count). The molecule has 17 heavy (non-hydrogen) atoms. The van der Waals surface area contributed by atoms with Gasteiger partial charge in [0.1, 0.15) is 5.75 Å². The zero-order valence-electron chi connectivity index (χ0n) is 10.0. The van der Waals surface area contributed by atoms with Crippen LogP contribution in [0, 0.1) is 5.92 Å². The first-order valence-corrected chi connectivity index (χ1v) is 6.04. The van der Waals surface area contributed by atoms with E-state index in [1.54, 1.807) is 21.1 Å². The number of rotatable bonds is 5. The predicted octanol–water partition coefficient (Wildman–Crippen LogP) is 2.44. The van der Waals surface area contributed by atoms with Crippen molar-refractivity contribution in [2.75, 3.05) is 14.2 Å². The fraction of sp³-hybridized carbons (Fsp3) is 0.417. The molecule has 0 radical (unpaired) electrons. The van der Waals surface area contributed by atoms with Gasteiger partial charge in [-0.1, -0.05) is 13.0 Å². The largest absolute Gasteiger partial charge is 0.496 e. The third kappa shape index (κ3) is 3.20. The van der Waals surface area contributed by atoms with Crippen LogP contribution in [0.1, 0.15) is 18.5 Å². The Morgan fingerprint density at radius 1 is 1.53 bits per heavy atom. The second-order valence-corrected chi connectivity index (χ2v) is 4.64. The number of nitrogens with one attached hydrogen (secondary N) is 1. The number of halogens is 1. The molecule has 0 aliphatic carbocycles. The van der Waals surface area contributed by atoms with E-state index in [0.717, 1.165) is 15.8 Å². The summed E-state index contributed by atoms with van der Waals surface area (Å²) in [5, 5.41) is 12.1. The van der Waals surface area contributed by atoms with Crippen LogP contribution in [-0.2, 0) is 4.79 Å². The van der Waals surface area contributed by atoms with Crippen LogP contribution in [0.25, 0.3) is 0 Å². The summed E-state index contributed by atoms with van der Waals surface area (Å²) in [6.07, 6.45) is 0. The highest BCUT2D eigenvalue weighted by Crippen LogP contribution is 2.30. The first-order chi connectivity index (χ1) is 8.01. The molecule has 0 amide bonds. The second-order valence-electron chi connectivity index (χ2n) is 3.79.